The van der Waals surface area contributed by atoms with Crippen molar-refractivity contribution in [2.24, 2.45) is 5.92 Å². The molecule has 1 fully saturated rings. The lowest BCUT2D eigenvalue weighted by molar-refractivity contribution is 0.159. The Kier molecular flexibility index (Phi) is 10.4. The highest BCUT2D eigenvalue weighted by Crippen LogP contribution is 2.31. The van der Waals surface area contributed by atoms with Gasteiger partial charge in [0, 0.05) is 32.2 Å². The summed E-state index contributed by atoms with van der Waals surface area (Å²) in [6.45, 7) is 13.8. The number of rotatable bonds is 5. The first-order chi connectivity index (χ1) is 9.59. The zero-order valence-electron chi connectivity index (χ0n) is 14.4. The average Bonchev–Trinajstić information content (AvgIpc) is 2.44. The quantitative estimate of drug-likeness (QED) is 0.842. The highest BCUT2D eigenvalue weighted by molar-refractivity contribution is 5.85. The van der Waals surface area contributed by atoms with Crippen LogP contribution in [0.3, 0.4) is 0 Å². The molecule has 0 amide bonds. The van der Waals surface area contributed by atoms with E-state index in [1.807, 2.05) is 0 Å². The Morgan fingerprint density at radius 1 is 1.05 bits per heavy atom. The Morgan fingerprint density at radius 2 is 1.68 bits per heavy atom. The highest BCUT2D eigenvalue weighted by Gasteiger charge is 2.23. The highest BCUT2D eigenvalue weighted by atomic mass is 35.5. The van der Waals surface area contributed by atoms with Gasteiger partial charge in [0.2, 0.25) is 0 Å². The molecule has 128 valence electrons. The number of benzene rings is 1. The lowest BCUT2D eigenvalue weighted by Gasteiger charge is -2.36. The van der Waals surface area contributed by atoms with E-state index in [9.17, 15) is 0 Å². The smallest absolute Gasteiger partial charge is 0.0352 e. The van der Waals surface area contributed by atoms with E-state index in [2.05, 4.69) is 56.1 Å². The molecule has 1 saturated heterocycles. The SMILES string of the molecule is Cc1cccc([C@@H](CCC(C)C)N2CCNCC2)c1C.Cl.Cl. The van der Waals surface area contributed by atoms with E-state index < -0.39 is 0 Å². The van der Waals surface area contributed by atoms with Gasteiger partial charge in [-0.15, -0.1) is 24.8 Å². The first-order valence-electron chi connectivity index (χ1n) is 8.10. The maximum Gasteiger partial charge on any atom is 0.0352 e. The number of aryl methyl sites for hydroxylation is 1. The first-order valence-corrected chi connectivity index (χ1v) is 8.10. The van der Waals surface area contributed by atoms with E-state index in [1.165, 1.54) is 37.1 Å². The second-order valence-electron chi connectivity index (χ2n) is 6.56. The molecule has 0 aliphatic carbocycles. The van der Waals surface area contributed by atoms with E-state index in [4.69, 9.17) is 0 Å². The fourth-order valence-electron chi connectivity index (χ4n) is 3.15. The van der Waals surface area contributed by atoms with Crippen LogP contribution in [0.25, 0.3) is 0 Å². The van der Waals surface area contributed by atoms with Gasteiger partial charge in [-0.1, -0.05) is 32.0 Å². The third-order valence-corrected chi connectivity index (χ3v) is 4.62. The molecule has 4 heteroatoms. The fourth-order valence-corrected chi connectivity index (χ4v) is 3.15. The molecule has 0 aromatic heterocycles. The minimum absolute atomic E-state index is 0. The van der Waals surface area contributed by atoms with Crippen molar-refractivity contribution in [1.82, 2.24) is 10.2 Å². The first kappa shape index (κ1) is 21.7. The zero-order valence-corrected chi connectivity index (χ0v) is 16.0. The van der Waals surface area contributed by atoms with Gasteiger partial charge in [0.15, 0.2) is 0 Å². The van der Waals surface area contributed by atoms with Crippen molar-refractivity contribution in [1.29, 1.82) is 0 Å². The Bertz CT molecular complexity index is 429. The maximum absolute atomic E-state index is 3.47. The Labute approximate surface area is 148 Å². The van der Waals surface area contributed by atoms with Gasteiger partial charge in [0.05, 0.1) is 0 Å². The summed E-state index contributed by atoms with van der Waals surface area (Å²) in [6, 6.07) is 7.40. The molecule has 2 nitrogen and oxygen atoms in total. The van der Waals surface area contributed by atoms with Crippen LogP contribution < -0.4 is 5.32 Å². The van der Waals surface area contributed by atoms with Gasteiger partial charge < -0.3 is 5.32 Å². The van der Waals surface area contributed by atoms with Crippen LogP contribution in [-0.2, 0) is 0 Å². The van der Waals surface area contributed by atoms with Gasteiger partial charge >= 0.3 is 0 Å². The summed E-state index contributed by atoms with van der Waals surface area (Å²) < 4.78 is 0. The Balaban J connectivity index is 0.00000220. The lowest BCUT2D eigenvalue weighted by Crippen LogP contribution is -2.45. The van der Waals surface area contributed by atoms with Crippen LogP contribution in [0, 0.1) is 19.8 Å². The molecule has 0 radical (unpaired) electrons. The van der Waals surface area contributed by atoms with E-state index in [0.29, 0.717) is 6.04 Å². The van der Waals surface area contributed by atoms with Gasteiger partial charge in [-0.3, -0.25) is 4.90 Å². The normalized spacial score (nSPS) is 16.8. The van der Waals surface area contributed by atoms with Crippen molar-refractivity contribution in [2.75, 3.05) is 26.2 Å². The molecule has 1 aromatic rings. The van der Waals surface area contributed by atoms with E-state index in [1.54, 1.807) is 5.56 Å². The monoisotopic (exact) mass is 346 g/mol. The molecule has 1 aromatic carbocycles. The molecule has 0 saturated carbocycles. The van der Waals surface area contributed by atoms with Crippen molar-refractivity contribution < 1.29 is 0 Å². The Morgan fingerprint density at radius 3 is 2.27 bits per heavy atom. The molecule has 0 spiro atoms. The number of hydrogen-bond acceptors (Lipinski definition) is 2. The average molecular weight is 347 g/mol. The van der Waals surface area contributed by atoms with E-state index in [0.717, 1.165) is 19.0 Å². The van der Waals surface area contributed by atoms with Crippen LogP contribution in [0.2, 0.25) is 0 Å². The minimum atomic E-state index is 0. The molecule has 1 aliphatic rings. The summed E-state index contributed by atoms with van der Waals surface area (Å²) in [4.78, 5) is 2.68. The second kappa shape index (κ2) is 10.5. The van der Waals surface area contributed by atoms with Gasteiger partial charge in [0.1, 0.15) is 0 Å². The van der Waals surface area contributed by atoms with Crippen LogP contribution in [0.4, 0.5) is 0 Å². The number of piperazine rings is 1. The molecule has 1 N–H and O–H groups in total. The van der Waals surface area contributed by atoms with Crippen LogP contribution in [0.5, 0.6) is 0 Å². The van der Waals surface area contributed by atoms with Crippen LogP contribution in [0.1, 0.15) is 49.4 Å². The largest absolute Gasteiger partial charge is 0.314 e. The summed E-state index contributed by atoms with van der Waals surface area (Å²) in [5, 5.41) is 3.47. The van der Waals surface area contributed by atoms with Crippen LogP contribution in [0.15, 0.2) is 18.2 Å². The van der Waals surface area contributed by atoms with Crippen molar-refractivity contribution in [2.45, 2.75) is 46.6 Å². The summed E-state index contributed by atoms with van der Waals surface area (Å²) in [5.74, 6) is 0.783. The predicted molar refractivity (Wildman–Crippen MR) is 102 cm³/mol. The maximum atomic E-state index is 3.47. The molecule has 1 heterocycles. The van der Waals surface area contributed by atoms with Crippen molar-refractivity contribution in [3.05, 3.63) is 34.9 Å². The summed E-state index contributed by atoms with van der Waals surface area (Å²) in [7, 11) is 0. The number of nitrogens with one attached hydrogen (secondary N) is 1. The molecule has 1 atom stereocenters. The number of hydrogen-bond donors (Lipinski definition) is 1. The third-order valence-electron chi connectivity index (χ3n) is 4.62. The Hall–Kier alpha value is -0.280. The lowest BCUT2D eigenvalue weighted by atomic mass is 9.91. The molecular weight excluding hydrogens is 315 g/mol. The van der Waals surface area contributed by atoms with Crippen LogP contribution >= 0.6 is 24.8 Å². The predicted octanol–water partition coefficient (Wildman–Crippen LogP) is 4.53. The zero-order chi connectivity index (χ0) is 14.5. The van der Waals surface area contributed by atoms with Crippen molar-refractivity contribution in [3.63, 3.8) is 0 Å². The van der Waals surface area contributed by atoms with Gasteiger partial charge in [-0.2, -0.15) is 0 Å². The summed E-state index contributed by atoms with van der Waals surface area (Å²) >= 11 is 0. The van der Waals surface area contributed by atoms with Crippen molar-refractivity contribution in [3.8, 4) is 0 Å². The van der Waals surface area contributed by atoms with Gasteiger partial charge in [0.25, 0.3) is 0 Å². The van der Waals surface area contributed by atoms with Crippen LogP contribution in [-0.4, -0.2) is 31.1 Å². The van der Waals surface area contributed by atoms with E-state index in [-0.39, 0.29) is 24.8 Å². The molecule has 0 bridgehead atoms. The molecular formula is C18H32Cl2N2. The van der Waals surface area contributed by atoms with Crippen molar-refractivity contribution >= 4 is 24.8 Å². The third kappa shape index (κ3) is 5.73. The molecule has 0 unspecified atom stereocenters. The second-order valence-corrected chi connectivity index (χ2v) is 6.56. The summed E-state index contributed by atoms with van der Waals surface area (Å²) in [5.41, 5.74) is 4.46. The number of nitrogens with zero attached hydrogens (tertiary/aromatic N) is 1. The van der Waals surface area contributed by atoms with Gasteiger partial charge in [-0.25, -0.2) is 0 Å². The topological polar surface area (TPSA) is 15.3 Å². The summed E-state index contributed by atoms with van der Waals surface area (Å²) in [6.07, 6.45) is 2.59. The molecule has 1 aliphatic heterocycles. The molecule has 2 rings (SSSR count). The van der Waals surface area contributed by atoms with E-state index >= 15 is 0 Å². The molecule has 22 heavy (non-hydrogen) atoms. The minimum Gasteiger partial charge on any atom is -0.314 e. The fraction of sp³-hybridized carbons (Fsp3) is 0.667. The standard InChI is InChI=1S/C18H30N2.2ClH/c1-14(2)8-9-18(20-12-10-19-11-13-20)17-7-5-6-15(3)16(17)4;;/h5-7,14,18-19H,8-13H2,1-4H3;2*1H/t18-;;/m1../s1. The van der Waals surface area contributed by atoms with Gasteiger partial charge in [-0.05, 0) is 49.3 Å². The number of halogens is 2.